The topological polar surface area (TPSA) is 102 Å². The van der Waals surface area contributed by atoms with Gasteiger partial charge < -0.3 is 5.11 Å². The summed E-state index contributed by atoms with van der Waals surface area (Å²) in [4.78, 5) is 14.8. The Morgan fingerprint density at radius 2 is 1.87 bits per heavy atom. The van der Waals surface area contributed by atoms with Gasteiger partial charge in [0.1, 0.15) is 12.7 Å². The molecule has 3 aromatic rings. The summed E-state index contributed by atoms with van der Waals surface area (Å²) < 4.78 is 67.0. The zero-order valence-corrected chi connectivity index (χ0v) is 16.4. The van der Waals surface area contributed by atoms with E-state index in [2.05, 4.69) is 10.1 Å². The maximum Gasteiger partial charge on any atom is 0.416 e. The molecule has 7 nitrogen and oxygen atoms in total. The molecule has 158 valence electrons. The molecule has 0 amide bonds. The van der Waals surface area contributed by atoms with E-state index in [1.54, 1.807) is 6.92 Å². The molecule has 0 saturated heterocycles. The normalized spacial score (nSPS) is 12.1. The van der Waals surface area contributed by atoms with E-state index in [4.69, 9.17) is 0 Å². The molecule has 2 aromatic carbocycles. The van der Waals surface area contributed by atoms with Gasteiger partial charge in [-0.25, -0.2) is 22.9 Å². The molecule has 3 rings (SSSR count). The Morgan fingerprint density at radius 3 is 2.43 bits per heavy atom. The molecule has 30 heavy (non-hydrogen) atoms. The number of alkyl halides is 3. The summed E-state index contributed by atoms with van der Waals surface area (Å²) in [7, 11) is -4.18. The Hall–Kier alpha value is -3.21. The summed E-state index contributed by atoms with van der Waals surface area (Å²) in [5, 5.41) is 13.0. The predicted octanol–water partition coefficient (Wildman–Crippen LogP) is 3.52. The van der Waals surface area contributed by atoms with Crippen LogP contribution >= 0.6 is 0 Å². The van der Waals surface area contributed by atoms with E-state index >= 15 is 0 Å². The molecule has 0 saturated carbocycles. The highest BCUT2D eigenvalue weighted by Crippen LogP contribution is 2.33. The smallest absolute Gasteiger partial charge is 0.416 e. The van der Waals surface area contributed by atoms with Gasteiger partial charge >= 0.3 is 12.1 Å². The largest absolute Gasteiger partial charge is 0.478 e. The molecule has 11 heteroatoms. The van der Waals surface area contributed by atoms with Crippen LogP contribution < -0.4 is 0 Å². The predicted molar refractivity (Wildman–Crippen MR) is 100 cm³/mol. The van der Waals surface area contributed by atoms with Gasteiger partial charge in [0.25, 0.3) is 0 Å². The third-order valence-electron chi connectivity index (χ3n) is 4.45. The van der Waals surface area contributed by atoms with Crippen molar-refractivity contribution in [3.05, 3.63) is 71.3 Å². The highest BCUT2D eigenvalue weighted by molar-refractivity contribution is 7.90. The number of carboxylic acid groups (broad SMARTS) is 1. The Kier molecular flexibility index (Phi) is 5.66. The number of nitrogens with zero attached hydrogens (tertiary/aromatic N) is 3. The molecule has 0 atom stereocenters. The number of hydrogen-bond donors (Lipinski definition) is 1. The van der Waals surface area contributed by atoms with Gasteiger partial charge in [0.05, 0.1) is 27.5 Å². The molecule has 1 N–H and O–H groups in total. The Labute approximate surface area is 169 Å². The van der Waals surface area contributed by atoms with Gasteiger partial charge in [0.15, 0.2) is 9.84 Å². The third-order valence-corrected chi connectivity index (χ3v) is 6.19. The third kappa shape index (κ3) is 4.35. The van der Waals surface area contributed by atoms with Gasteiger partial charge in [0, 0.05) is 0 Å². The summed E-state index contributed by atoms with van der Waals surface area (Å²) in [5.41, 5.74) is -0.887. The van der Waals surface area contributed by atoms with Crippen LogP contribution in [0.3, 0.4) is 0 Å². The number of aryl methyl sites for hydroxylation is 1. The van der Waals surface area contributed by atoms with Crippen LogP contribution in [0.25, 0.3) is 5.69 Å². The molecular weight excluding hydrogens is 423 g/mol. The van der Waals surface area contributed by atoms with Crippen molar-refractivity contribution in [2.24, 2.45) is 0 Å². The monoisotopic (exact) mass is 439 g/mol. The quantitative estimate of drug-likeness (QED) is 0.631. The van der Waals surface area contributed by atoms with E-state index in [1.807, 2.05) is 0 Å². The molecule has 0 aliphatic rings. The second-order valence-electron chi connectivity index (χ2n) is 6.42. The summed E-state index contributed by atoms with van der Waals surface area (Å²) >= 11 is 0. The lowest BCUT2D eigenvalue weighted by molar-refractivity contribution is -0.137. The molecule has 1 aromatic heterocycles. The van der Waals surface area contributed by atoms with Crippen molar-refractivity contribution < 1.29 is 31.5 Å². The van der Waals surface area contributed by atoms with Gasteiger partial charge in [-0.3, -0.25) is 0 Å². The van der Waals surface area contributed by atoms with Crippen LogP contribution in [0.4, 0.5) is 13.2 Å². The molecule has 0 bridgehead atoms. The highest BCUT2D eigenvalue weighted by Gasteiger charge is 2.32. The van der Waals surface area contributed by atoms with Crippen molar-refractivity contribution in [2.75, 3.05) is 0 Å². The Morgan fingerprint density at radius 1 is 1.13 bits per heavy atom. The molecule has 0 unspecified atom stereocenters. The first kappa shape index (κ1) is 21.5. The maximum atomic E-state index is 13.2. The van der Waals surface area contributed by atoms with Gasteiger partial charge in [-0.15, -0.1) is 0 Å². The second kappa shape index (κ2) is 7.90. The molecule has 0 spiro atoms. The van der Waals surface area contributed by atoms with E-state index in [0.717, 1.165) is 24.3 Å². The first-order valence-electron chi connectivity index (χ1n) is 8.67. The summed E-state index contributed by atoms with van der Waals surface area (Å²) in [6.07, 6.45) is -1.97. The fraction of sp³-hybridized carbons (Fsp3) is 0.211. The van der Waals surface area contributed by atoms with Crippen LogP contribution in [0.2, 0.25) is 0 Å². The second-order valence-corrected chi connectivity index (χ2v) is 8.38. The fourth-order valence-corrected chi connectivity index (χ4v) is 4.70. The van der Waals surface area contributed by atoms with E-state index in [9.17, 15) is 31.5 Å². The minimum absolute atomic E-state index is 0.122. The Balaban J connectivity index is 2.15. The lowest BCUT2D eigenvalue weighted by Crippen LogP contribution is -2.14. The summed E-state index contributed by atoms with van der Waals surface area (Å²) in [6, 6.07) is 6.40. The zero-order chi connectivity index (χ0) is 22.1. The lowest BCUT2D eigenvalue weighted by Gasteiger charge is -2.15. The number of carboxylic acids is 1. The van der Waals surface area contributed by atoms with Crippen LogP contribution in [0.5, 0.6) is 0 Å². The van der Waals surface area contributed by atoms with Crippen LogP contribution in [-0.2, 0) is 28.2 Å². The number of benzene rings is 2. The average Bonchev–Trinajstić information content (AvgIpc) is 3.20. The zero-order valence-electron chi connectivity index (χ0n) is 15.6. The van der Waals surface area contributed by atoms with Crippen LogP contribution in [0.15, 0.2) is 53.9 Å². The van der Waals surface area contributed by atoms with Crippen molar-refractivity contribution in [1.82, 2.24) is 14.8 Å². The van der Waals surface area contributed by atoms with Crippen molar-refractivity contribution in [1.29, 1.82) is 0 Å². The first-order chi connectivity index (χ1) is 14.0. The molecular formula is C19H16F3N3O4S. The average molecular weight is 439 g/mol. The molecule has 0 fully saturated rings. The van der Waals surface area contributed by atoms with E-state index < -0.39 is 33.3 Å². The van der Waals surface area contributed by atoms with Crippen LogP contribution in [0, 0.1) is 0 Å². The first-order valence-corrected chi connectivity index (χ1v) is 10.3. The molecule has 0 aliphatic heterocycles. The molecule has 0 aliphatic carbocycles. The molecule has 1 heterocycles. The van der Waals surface area contributed by atoms with Crippen LogP contribution in [-0.4, -0.2) is 34.3 Å². The van der Waals surface area contributed by atoms with E-state index in [-0.39, 0.29) is 21.7 Å². The van der Waals surface area contributed by atoms with Gasteiger partial charge in [-0.2, -0.15) is 18.3 Å². The minimum Gasteiger partial charge on any atom is -0.478 e. The van der Waals surface area contributed by atoms with Gasteiger partial charge in [-0.05, 0) is 47.9 Å². The number of aromatic nitrogens is 3. The van der Waals surface area contributed by atoms with Gasteiger partial charge in [0.2, 0.25) is 0 Å². The van der Waals surface area contributed by atoms with Crippen LogP contribution in [0.1, 0.15) is 34.0 Å². The lowest BCUT2D eigenvalue weighted by atomic mass is 10.1. The molecule has 0 radical (unpaired) electrons. The van der Waals surface area contributed by atoms with Crippen molar-refractivity contribution in [2.45, 2.75) is 30.2 Å². The highest BCUT2D eigenvalue weighted by atomic mass is 32.2. The van der Waals surface area contributed by atoms with Crippen molar-refractivity contribution in [3.63, 3.8) is 0 Å². The summed E-state index contributed by atoms with van der Waals surface area (Å²) in [5.74, 6) is -2.08. The standard InChI is InChI=1S/C19H16F3N3O4S/c1-2-12-3-4-13(18(26)27)8-17(12)30(28,29)9-14-7-15(19(20,21)22)5-6-16(14)25-11-23-10-24-25/h3-8,10-11H,2,9H2,1H3,(H,26,27). The minimum atomic E-state index is -4.67. The Bertz CT molecular complexity index is 1190. The maximum absolute atomic E-state index is 13.2. The fourth-order valence-electron chi connectivity index (χ4n) is 2.99. The number of halogens is 3. The number of rotatable bonds is 6. The van der Waals surface area contributed by atoms with E-state index in [0.29, 0.717) is 12.0 Å². The van der Waals surface area contributed by atoms with Crippen molar-refractivity contribution >= 4 is 15.8 Å². The number of hydrogen-bond acceptors (Lipinski definition) is 5. The van der Waals surface area contributed by atoms with Gasteiger partial charge in [-0.1, -0.05) is 13.0 Å². The summed E-state index contributed by atoms with van der Waals surface area (Å²) in [6.45, 7) is 1.69. The SMILES string of the molecule is CCc1ccc(C(=O)O)cc1S(=O)(=O)Cc1cc(C(F)(F)F)ccc1-n1cncn1. The van der Waals surface area contributed by atoms with E-state index in [1.165, 1.54) is 29.5 Å². The van der Waals surface area contributed by atoms with Crippen molar-refractivity contribution in [3.8, 4) is 5.69 Å². The number of sulfone groups is 1. The number of aromatic carboxylic acids is 1. The number of carbonyl (C=O) groups is 1.